The fourth-order valence-corrected chi connectivity index (χ4v) is 2.15. The molecule has 1 fully saturated rings. The molecule has 100 valence electrons. The molecule has 1 aliphatic carbocycles. The average molecular weight is 254 g/mol. The van der Waals surface area contributed by atoms with Gasteiger partial charge < -0.3 is 15.8 Å². The number of nitrogens with two attached hydrogens (primary N) is 1. The predicted octanol–water partition coefficient (Wildman–Crippen LogP) is 0.951. The van der Waals surface area contributed by atoms with Crippen LogP contribution in [0.2, 0.25) is 0 Å². The molecule has 1 saturated carbocycles. The minimum Gasteiger partial charge on any atom is -0.369 e. The first kappa shape index (κ1) is 14.2. The van der Waals surface area contributed by atoms with Crippen LogP contribution >= 0.6 is 0 Å². The van der Waals surface area contributed by atoms with Crippen molar-refractivity contribution in [3.8, 4) is 0 Å². The van der Waals surface area contributed by atoms with Gasteiger partial charge in [0.2, 0.25) is 5.91 Å². The smallest absolute Gasteiger partial charge is 0.369 e. The molecule has 1 aliphatic rings. The van der Waals surface area contributed by atoms with Crippen molar-refractivity contribution in [2.75, 3.05) is 13.7 Å². The predicted molar refractivity (Wildman–Crippen MR) is 55.2 cm³/mol. The maximum Gasteiger partial charge on any atom is 0.411 e. The van der Waals surface area contributed by atoms with Gasteiger partial charge in [0.05, 0.1) is 11.6 Å². The standard InChI is InChI=1S/C10H17F3N2O2/c1-15-9(8(14)16)4-2-3-7(5-9)17-6-10(11,12)13/h7,15H,2-6H2,1H3,(H2,14,16). The van der Waals surface area contributed by atoms with Crippen molar-refractivity contribution in [1.82, 2.24) is 5.32 Å². The SMILES string of the molecule is CNC1(C(N)=O)CCCC(OCC(F)(F)F)C1. The van der Waals surface area contributed by atoms with Crippen molar-refractivity contribution in [3.63, 3.8) is 0 Å². The second kappa shape index (κ2) is 5.22. The first-order valence-corrected chi connectivity index (χ1v) is 5.46. The van der Waals surface area contributed by atoms with Crippen LogP contribution in [0.25, 0.3) is 0 Å². The van der Waals surface area contributed by atoms with Gasteiger partial charge in [0.1, 0.15) is 6.61 Å². The zero-order valence-corrected chi connectivity index (χ0v) is 9.64. The Balaban J connectivity index is 2.57. The van der Waals surface area contributed by atoms with Crippen molar-refractivity contribution in [1.29, 1.82) is 0 Å². The molecular weight excluding hydrogens is 237 g/mol. The van der Waals surface area contributed by atoms with Crippen molar-refractivity contribution < 1.29 is 22.7 Å². The summed E-state index contributed by atoms with van der Waals surface area (Å²) in [5.74, 6) is -0.541. The van der Waals surface area contributed by atoms with Crippen molar-refractivity contribution >= 4 is 5.91 Å². The third kappa shape index (κ3) is 3.85. The van der Waals surface area contributed by atoms with Crippen molar-refractivity contribution in [2.45, 2.75) is 43.5 Å². The van der Waals surface area contributed by atoms with Gasteiger partial charge in [-0.25, -0.2) is 0 Å². The van der Waals surface area contributed by atoms with E-state index < -0.39 is 30.3 Å². The average Bonchev–Trinajstić information content (AvgIpc) is 2.25. The minimum atomic E-state index is -4.34. The van der Waals surface area contributed by atoms with Gasteiger partial charge in [-0.1, -0.05) is 0 Å². The zero-order chi connectivity index (χ0) is 13.1. The highest BCUT2D eigenvalue weighted by Gasteiger charge is 2.41. The summed E-state index contributed by atoms with van der Waals surface area (Å²) >= 11 is 0. The van der Waals surface area contributed by atoms with E-state index >= 15 is 0 Å². The molecule has 0 aliphatic heterocycles. The number of amides is 1. The Morgan fingerprint density at radius 2 is 2.24 bits per heavy atom. The Morgan fingerprint density at radius 3 is 2.71 bits per heavy atom. The number of likely N-dealkylation sites (N-methyl/N-ethyl adjacent to an activating group) is 1. The molecule has 1 rings (SSSR count). The molecule has 0 bridgehead atoms. The molecule has 0 spiro atoms. The van der Waals surface area contributed by atoms with E-state index in [4.69, 9.17) is 10.5 Å². The summed E-state index contributed by atoms with van der Waals surface area (Å²) in [6.45, 7) is -1.28. The van der Waals surface area contributed by atoms with Gasteiger partial charge in [0.15, 0.2) is 0 Å². The number of halogens is 3. The number of ether oxygens (including phenoxy) is 1. The molecule has 0 aromatic rings. The fraction of sp³-hybridized carbons (Fsp3) is 0.900. The number of primary amides is 1. The summed E-state index contributed by atoms with van der Waals surface area (Å²) in [6, 6.07) is 0. The Bertz CT molecular complexity index is 283. The normalized spacial score (nSPS) is 30.2. The molecule has 0 aromatic heterocycles. The molecule has 2 atom stereocenters. The number of alkyl halides is 3. The first-order chi connectivity index (χ1) is 7.79. The van der Waals surface area contributed by atoms with Crippen LogP contribution in [0.1, 0.15) is 25.7 Å². The largest absolute Gasteiger partial charge is 0.411 e. The van der Waals surface area contributed by atoms with Gasteiger partial charge in [-0.15, -0.1) is 0 Å². The van der Waals surface area contributed by atoms with Gasteiger partial charge in [0, 0.05) is 6.42 Å². The number of nitrogens with one attached hydrogen (secondary N) is 1. The number of rotatable bonds is 4. The summed E-state index contributed by atoms with van der Waals surface area (Å²) < 4.78 is 40.8. The third-order valence-corrected chi connectivity index (χ3v) is 3.14. The molecule has 3 N–H and O–H groups in total. The van der Waals surface area contributed by atoms with Crippen LogP contribution in [0.4, 0.5) is 13.2 Å². The van der Waals surface area contributed by atoms with E-state index in [0.29, 0.717) is 19.3 Å². The summed E-state index contributed by atoms with van der Waals surface area (Å²) in [6.07, 6.45) is -3.06. The van der Waals surface area contributed by atoms with E-state index in [0.717, 1.165) is 0 Å². The number of hydrogen-bond acceptors (Lipinski definition) is 3. The summed E-state index contributed by atoms with van der Waals surface area (Å²) in [4.78, 5) is 11.3. The van der Waals surface area contributed by atoms with Crippen molar-refractivity contribution in [2.24, 2.45) is 5.73 Å². The number of carbonyl (C=O) groups excluding carboxylic acids is 1. The lowest BCUT2D eigenvalue weighted by atomic mass is 9.79. The maximum atomic E-state index is 12.0. The third-order valence-electron chi connectivity index (χ3n) is 3.14. The van der Waals surface area contributed by atoms with E-state index in [1.807, 2.05) is 0 Å². The Morgan fingerprint density at radius 1 is 1.59 bits per heavy atom. The topological polar surface area (TPSA) is 64.3 Å². The lowest BCUT2D eigenvalue weighted by molar-refractivity contribution is -0.190. The Hall–Kier alpha value is -0.820. The van der Waals surface area contributed by atoms with E-state index in [2.05, 4.69) is 5.32 Å². The Kier molecular flexibility index (Phi) is 4.37. The lowest BCUT2D eigenvalue weighted by Crippen LogP contribution is -2.57. The number of carbonyl (C=O) groups is 1. The van der Waals surface area contributed by atoms with E-state index in [-0.39, 0.29) is 6.42 Å². The van der Waals surface area contributed by atoms with Crippen LogP contribution in [0, 0.1) is 0 Å². The summed E-state index contributed by atoms with van der Waals surface area (Å²) in [5, 5.41) is 2.81. The second-order valence-corrected chi connectivity index (χ2v) is 4.34. The highest BCUT2D eigenvalue weighted by Crippen LogP contribution is 2.30. The van der Waals surface area contributed by atoms with Gasteiger partial charge in [0.25, 0.3) is 0 Å². The molecule has 17 heavy (non-hydrogen) atoms. The van der Waals surface area contributed by atoms with Crippen LogP contribution in [-0.2, 0) is 9.53 Å². The van der Waals surface area contributed by atoms with E-state index in [9.17, 15) is 18.0 Å². The van der Waals surface area contributed by atoms with Crippen LogP contribution in [0.15, 0.2) is 0 Å². The second-order valence-electron chi connectivity index (χ2n) is 4.34. The van der Waals surface area contributed by atoms with Gasteiger partial charge in [-0.05, 0) is 26.3 Å². The lowest BCUT2D eigenvalue weighted by Gasteiger charge is -2.38. The first-order valence-electron chi connectivity index (χ1n) is 5.46. The summed E-state index contributed by atoms with van der Waals surface area (Å²) in [7, 11) is 1.58. The summed E-state index contributed by atoms with van der Waals surface area (Å²) in [5.41, 5.74) is 4.34. The van der Waals surface area contributed by atoms with Crippen LogP contribution < -0.4 is 11.1 Å². The molecule has 0 radical (unpaired) electrons. The van der Waals surface area contributed by atoms with Crippen LogP contribution in [0.3, 0.4) is 0 Å². The maximum absolute atomic E-state index is 12.0. The fourth-order valence-electron chi connectivity index (χ4n) is 2.15. The molecule has 0 aromatic carbocycles. The minimum absolute atomic E-state index is 0.189. The van der Waals surface area contributed by atoms with Gasteiger partial charge in [-0.2, -0.15) is 13.2 Å². The van der Waals surface area contributed by atoms with Crippen LogP contribution in [-0.4, -0.2) is 37.4 Å². The van der Waals surface area contributed by atoms with Crippen molar-refractivity contribution in [3.05, 3.63) is 0 Å². The molecule has 2 unspecified atom stereocenters. The van der Waals surface area contributed by atoms with E-state index in [1.54, 1.807) is 7.05 Å². The molecule has 4 nitrogen and oxygen atoms in total. The zero-order valence-electron chi connectivity index (χ0n) is 9.64. The monoisotopic (exact) mass is 254 g/mol. The highest BCUT2D eigenvalue weighted by molar-refractivity contribution is 5.84. The quantitative estimate of drug-likeness (QED) is 0.785. The molecule has 7 heteroatoms. The van der Waals surface area contributed by atoms with E-state index in [1.165, 1.54) is 0 Å². The number of hydrogen-bond donors (Lipinski definition) is 2. The van der Waals surface area contributed by atoms with Gasteiger partial charge >= 0.3 is 6.18 Å². The Labute approximate surface area is 97.7 Å². The molecular formula is C10H17F3N2O2. The highest BCUT2D eigenvalue weighted by atomic mass is 19.4. The van der Waals surface area contributed by atoms with Crippen LogP contribution in [0.5, 0.6) is 0 Å². The molecule has 0 saturated heterocycles. The molecule has 0 heterocycles. The van der Waals surface area contributed by atoms with Gasteiger partial charge in [-0.3, -0.25) is 4.79 Å². The molecule has 1 amide bonds.